The van der Waals surface area contributed by atoms with Gasteiger partial charge in [0.25, 0.3) is 0 Å². The van der Waals surface area contributed by atoms with Crippen LogP contribution in [0.15, 0.2) is 18.2 Å². The number of ether oxygens (including phenoxy) is 1. The van der Waals surface area contributed by atoms with Crippen molar-refractivity contribution in [2.45, 2.75) is 32.2 Å². The van der Waals surface area contributed by atoms with Crippen molar-refractivity contribution in [2.24, 2.45) is 5.92 Å². The number of benzene rings is 1. The first-order chi connectivity index (χ1) is 8.70. The number of likely N-dealkylation sites (N-methyl/N-ethyl adjacent to an activating group) is 1. The first kappa shape index (κ1) is 13.5. The molecule has 2 rings (SSSR count). The molecule has 1 aliphatic heterocycles. The monoisotopic (exact) mass is 251 g/mol. The second-order valence-electron chi connectivity index (χ2n) is 5.15. The van der Waals surface area contributed by atoms with Crippen molar-refractivity contribution >= 4 is 0 Å². The highest BCUT2D eigenvalue weighted by molar-refractivity contribution is 5.27. The summed E-state index contributed by atoms with van der Waals surface area (Å²) in [7, 11) is 1.98. The van der Waals surface area contributed by atoms with Crippen LogP contribution >= 0.6 is 0 Å². The lowest BCUT2D eigenvalue weighted by Crippen LogP contribution is -2.40. The number of nitrogens with one attached hydrogen (secondary N) is 1. The van der Waals surface area contributed by atoms with Gasteiger partial charge in [0.1, 0.15) is 5.82 Å². The maximum atomic E-state index is 13.3. The molecule has 1 aliphatic rings. The zero-order valence-electron chi connectivity index (χ0n) is 11.2. The maximum absolute atomic E-state index is 13.3. The molecule has 0 aliphatic carbocycles. The van der Waals surface area contributed by atoms with E-state index in [9.17, 15) is 4.39 Å². The maximum Gasteiger partial charge on any atom is 0.123 e. The van der Waals surface area contributed by atoms with Crippen molar-refractivity contribution in [3.8, 4) is 0 Å². The second-order valence-corrected chi connectivity index (χ2v) is 5.15. The van der Waals surface area contributed by atoms with Crippen LogP contribution in [0, 0.1) is 18.7 Å². The van der Waals surface area contributed by atoms with E-state index in [0.717, 1.165) is 37.2 Å². The van der Waals surface area contributed by atoms with Crippen LogP contribution in [0.5, 0.6) is 0 Å². The lowest BCUT2D eigenvalue weighted by molar-refractivity contribution is 0.0404. The summed E-state index contributed by atoms with van der Waals surface area (Å²) in [5, 5.41) is 3.36. The summed E-state index contributed by atoms with van der Waals surface area (Å²) in [5.41, 5.74) is 2.26. The fraction of sp³-hybridized carbons (Fsp3) is 0.600. The molecular formula is C15H22FNO. The minimum absolute atomic E-state index is 0.148. The number of halogens is 1. The van der Waals surface area contributed by atoms with Crippen LogP contribution < -0.4 is 5.32 Å². The fourth-order valence-corrected chi connectivity index (χ4v) is 2.68. The Morgan fingerprint density at radius 1 is 1.50 bits per heavy atom. The molecule has 1 aromatic rings. The van der Waals surface area contributed by atoms with Gasteiger partial charge in [-0.2, -0.15) is 0 Å². The first-order valence-corrected chi connectivity index (χ1v) is 6.70. The highest BCUT2D eigenvalue weighted by Crippen LogP contribution is 2.22. The molecule has 1 aromatic carbocycles. The third-order valence-electron chi connectivity index (χ3n) is 3.89. The number of rotatable bonds is 4. The van der Waals surface area contributed by atoms with Gasteiger partial charge in [0, 0.05) is 12.6 Å². The molecule has 1 heterocycles. The van der Waals surface area contributed by atoms with Crippen molar-refractivity contribution in [1.29, 1.82) is 0 Å². The molecule has 0 spiro atoms. The lowest BCUT2D eigenvalue weighted by Gasteiger charge is -2.30. The van der Waals surface area contributed by atoms with Gasteiger partial charge in [0.2, 0.25) is 0 Å². The van der Waals surface area contributed by atoms with Gasteiger partial charge < -0.3 is 10.1 Å². The summed E-state index contributed by atoms with van der Waals surface area (Å²) in [4.78, 5) is 0. The summed E-state index contributed by atoms with van der Waals surface area (Å²) >= 11 is 0. The predicted molar refractivity (Wildman–Crippen MR) is 71.2 cm³/mol. The number of hydrogen-bond donors (Lipinski definition) is 1. The Morgan fingerprint density at radius 2 is 2.33 bits per heavy atom. The van der Waals surface area contributed by atoms with Crippen LogP contribution in [0.1, 0.15) is 24.0 Å². The average Bonchev–Trinajstić information content (AvgIpc) is 2.41. The molecule has 1 N–H and O–H groups in total. The van der Waals surface area contributed by atoms with Crippen molar-refractivity contribution < 1.29 is 9.13 Å². The van der Waals surface area contributed by atoms with Crippen molar-refractivity contribution in [3.63, 3.8) is 0 Å². The summed E-state index contributed by atoms with van der Waals surface area (Å²) in [6.45, 7) is 3.74. The Bertz CT molecular complexity index is 388. The van der Waals surface area contributed by atoms with Crippen molar-refractivity contribution in [2.75, 3.05) is 20.3 Å². The van der Waals surface area contributed by atoms with Crippen LogP contribution in [0.4, 0.5) is 4.39 Å². The quantitative estimate of drug-likeness (QED) is 0.888. The Labute approximate surface area is 109 Å². The summed E-state index contributed by atoms with van der Waals surface area (Å²) in [6.07, 6.45) is 3.19. The van der Waals surface area contributed by atoms with Gasteiger partial charge in [-0.15, -0.1) is 0 Å². The van der Waals surface area contributed by atoms with E-state index in [1.807, 2.05) is 20.0 Å². The molecular weight excluding hydrogens is 229 g/mol. The first-order valence-electron chi connectivity index (χ1n) is 6.70. The van der Waals surface area contributed by atoms with E-state index < -0.39 is 0 Å². The molecule has 0 bridgehead atoms. The van der Waals surface area contributed by atoms with Crippen molar-refractivity contribution in [1.82, 2.24) is 5.32 Å². The minimum atomic E-state index is -0.148. The molecule has 0 radical (unpaired) electrons. The standard InChI is InChI=1S/C15H22FNO/c1-11-5-6-14(16)8-13(11)9-15(17-2)12-4-3-7-18-10-12/h5-6,8,12,15,17H,3-4,7,9-10H2,1-2H3. The smallest absolute Gasteiger partial charge is 0.123 e. The van der Waals surface area contributed by atoms with E-state index in [1.165, 1.54) is 12.5 Å². The lowest BCUT2D eigenvalue weighted by atomic mass is 9.88. The molecule has 0 saturated carbocycles. The SMILES string of the molecule is CNC(Cc1cc(F)ccc1C)C1CCCOC1. The average molecular weight is 251 g/mol. The van der Waals surface area contributed by atoms with Gasteiger partial charge in [-0.25, -0.2) is 4.39 Å². The molecule has 100 valence electrons. The van der Waals surface area contributed by atoms with E-state index in [0.29, 0.717) is 12.0 Å². The topological polar surface area (TPSA) is 21.3 Å². The number of hydrogen-bond acceptors (Lipinski definition) is 2. The Kier molecular flexibility index (Phi) is 4.72. The zero-order chi connectivity index (χ0) is 13.0. The molecule has 2 atom stereocenters. The third-order valence-corrected chi connectivity index (χ3v) is 3.89. The normalized spacial score (nSPS) is 21.8. The summed E-state index contributed by atoms with van der Waals surface area (Å²) in [6, 6.07) is 5.40. The fourth-order valence-electron chi connectivity index (χ4n) is 2.68. The van der Waals surface area contributed by atoms with Crippen LogP contribution in [0.3, 0.4) is 0 Å². The largest absolute Gasteiger partial charge is 0.381 e. The molecule has 3 heteroatoms. The van der Waals surface area contributed by atoms with Crippen molar-refractivity contribution in [3.05, 3.63) is 35.1 Å². The van der Waals surface area contributed by atoms with E-state index >= 15 is 0 Å². The van der Waals surface area contributed by atoms with Crippen LogP contribution in [-0.4, -0.2) is 26.3 Å². The molecule has 0 aromatic heterocycles. The van der Waals surface area contributed by atoms with Gasteiger partial charge in [0.15, 0.2) is 0 Å². The molecule has 18 heavy (non-hydrogen) atoms. The summed E-state index contributed by atoms with van der Waals surface area (Å²) < 4.78 is 18.8. The minimum Gasteiger partial charge on any atom is -0.381 e. The third kappa shape index (κ3) is 3.30. The van der Waals surface area contributed by atoms with E-state index in [2.05, 4.69) is 5.32 Å². The molecule has 2 nitrogen and oxygen atoms in total. The second kappa shape index (κ2) is 6.30. The Morgan fingerprint density at radius 3 is 3.00 bits per heavy atom. The Hall–Kier alpha value is -0.930. The van der Waals surface area contributed by atoms with Gasteiger partial charge in [0.05, 0.1) is 6.61 Å². The van der Waals surface area contributed by atoms with E-state index in [-0.39, 0.29) is 5.82 Å². The van der Waals surface area contributed by atoms with Gasteiger partial charge in [-0.05, 0) is 62.4 Å². The number of aryl methyl sites for hydroxylation is 1. The van der Waals surface area contributed by atoms with Crippen LogP contribution in [0.25, 0.3) is 0 Å². The predicted octanol–water partition coefficient (Wildman–Crippen LogP) is 2.69. The van der Waals surface area contributed by atoms with Gasteiger partial charge >= 0.3 is 0 Å². The van der Waals surface area contributed by atoms with Gasteiger partial charge in [-0.3, -0.25) is 0 Å². The zero-order valence-corrected chi connectivity index (χ0v) is 11.2. The van der Waals surface area contributed by atoms with Gasteiger partial charge in [-0.1, -0.05) is 6.07 Å². The van der Waals surface area contributed by atoms with Crippen LogP contribution in [0.2, 0.25) is 0 Å². The summed E-state index contributed by atoms with van der Waals surface area (Å²) in [5.74, 6) is 0.386. The van der Waals surface area contributed by atoms with E-state index in [1.54, 1.807) is 6.07 Å². The Balaban J connectivity index is 2.06. The highest BCUT2D eigenvalue weighted by atomic mass is 19.1. The van der Waals surface area contributed by atoms with E-state index in [4.69, 9.17) is 4.74 Å². The van der Waals surface area contributed by atoms with Crippen LogP contribution in [-0.2, 0) is 11.2 Å². The molecule has 2 unspecified atom stereocenters. The molecule has 1 fully saturated rings. The molecule has 0 amide bonds. The molecule has 1 saturated heterocycles. The highest BCUT2D eigenvalue weighted by Gasteiger charge is 2.23.